The molecule has 4 saturated carbocycles. The third-order valence-corrected chi connectivity index (χ3v) is 15.0. The predicted molar refractivity (Wildman–Crippen MR) is 171 cm³/mol. The first-order valence-corrected chi connectivity index (χ1v) is 17.4. The third-order valence-electron chi connectivity index (χ3n) is 15.0. The van der Waals surface area contributed by atoms with Crippen LogP contribution in [0.2, 0.25) is 0 Å². The lowest BCUT2D eigenvalue weighted by atomic mass is 9.34. The van der Waals surface area contributed by atoms with Gasteiger partial charge in [0.2, 0.25) is 0 Å². The minimum Gasteiger partial charge on any atom is -0.396 e. The lowest BCUT2D eigenvalue weighted by Crippen LogP contribution is -2.63. The summed E-state index contributed by atoms with van der Waals surface area (Å²) in [5.41, 5.74) is 5.67. The summed E-state index contributed by atoms with van der Waals surface area (Å²) >= 11 is 0. The van der Waals surface area contributed by atoms with Crippen molar-refractivity contribution >= 4 is 6.21 Å². The van der Waals surface area contributed by atoms with Gasteiger partial charge in [-0.1, -0.05) is 75.0 Å². The molecule has 4 fully saturated rings. The van der Waals surface area contributed by atoms with E-state index in [-0.39, 0.29) is 28.3 Å². The molecule has 226 valence electrons. The van der Waals surface area contributed by atoms with Crippen LogP contribution in [0.5, 0.6) is 0 Å². The number of aliphatic hydroxyl groups is 2. The monoisotopic (exact) mass is 567 g/mol. The molecule has 0 aromatic heterocycles. The van der Waals surface area contributed by atoms with Crippen LogP contribution in [0, 0.1) is 68.5 Å². The fourth-order valence-electron chi connectivity index (χ4n) is 14.0. The lowest BCUT2D eigenvalue weighted by Gasteiger charge is -2.69. The number of aliphatic hydroxyl groups excluding tert-OH is 2. The van der Waals surface area contributed by atoms with Crippen LogP contribution in [-0.4, -0.2) is 36.2 Å². The van der Waals surface area contributed by atoms with Crippen molar-refractivity contribution in [3.63, 3.8) is 0 Å². The molecule has 3 spiro atoms. The van der Waals surface area contributed by atoms with E-state index >= 15 is 0 Å². The van der Waals surface area contributed by atoms with Gasteiger partial charge in [0.25, 0.3) is 0 Å². The van der Waals surface area contributed by atoms with Gasteiger partial charge in [0, 0.05) is 30.3 Å². The smallest absolute Gasteiger partial charge is 0.0576 e. The SMILES string of the molecule is C=C1C=C2C3(CCC(CC(CO)CC4=CCN=C4)C3)CC34CCC(CCCO)C3C=CC3C=CC5(C1C5(C)C)C2(C)C34. The van der Waals surface area contributed by atoms with Crippen molar-refractivity contribution < 1.29 is 10.2 Å². The molecule has 0 bridgehead atoms. The zero-order valence-corrected chi connectivity index (χ0v) is 26.3. The molecular weight excluding hydrogens is 514 g/mol. The van der Waals surface area contributed by atoms with Crippen LogP contribution in [0.4, 0.5) is 0 Å². The summed E-state index contributed by atoms with van der Waals surface area (Å²) in [6.07, 6.45) is 29.7. The van der Waals surface area contributed by atoms with Gasteiger partial charge >= 0.3 is 0 Å². The van der Waals surface area contributed by atoms with Gasteiger partial charge in [-0.2, -0.15) is 0 Å². The van der Waals surface area contributed by atoms with E-state index in [1.165, 1.54) is 56.1 Å². The molecule has 8 rings (SSSR count). The van der Waals surface area contributed by atoms with Crippen LogP contribution in [0.15, 0.2) is 64.7 Å². The first kappa shape index (κ1) is 27.8. The Labute approximate surface area is 254 Å². The number of hydrogen-bond acceptors (Lipinski definition) is 3. The average molecular weight is 568 g/mol. The summed E-state index contributed by atoms with van der Waals surface area (Å²) in [5, 5.41) is 20.2. The zero-order valence-electron chi connectivity index (χ0n) is 26.3. The average Bonchev–Trinajstić information content (AvgIpc) is 3.49. The highest BCUT2D eigenvalue weighted by Gasteiger charge is 2.85. The van der Waals surface area contributed by atoms with E-state index in [1.54, 1.807) is 5.57 Å². The summed E-state index contributed by atoms with van der Waals surface area (Å²) in [7, 11) is 0. The summed E-state index contributed by atoms with van der Waals surface area (Å²) in [4.78, 5) is 4.41. The molecule has 0 saturated heterocycles. The second-order valence-corrected chi connectivity index (χ2v) is 16.9. The highest BCUT2D eigenvalue weighted by Crippen LogP contribution is 2.91. The molecular formula is C39H53NO2. The first-order chi connectivity index (χ1) is 20.2. The predicted octanol–water partition coefficient (Wildman–Crippen LogP) is 7.88. The van der Waals surface area contributed by atoms with E-state index in [2.05, 4.69) is 62.2 Å². The van der Waals surface area contributed by atoms with Gasteiger partial charge in [-0.25, -0.2) is 0 Å². The van der Waals surface area contributed by atoms with Gasteiger partial charge < -0.3 is 10.2 Å². The standard InChI is InChI=1S/C39H53NO2/c1-25-18-32-36(4)34-30(11-15-39(36)33(25)35(39,2)3)7-8-31-29(6-5-17-41)10-14-38(31,34)24-37(32)13-9-26(21-37)19-28(23-42)20-27-12-16-40-22-27/h7-8,11-12,15,18,22,26,28-31,33-34,41-42H,1,5-6,9-10,13-14,16-17,19-21,23-24H2,2-4H3. The summed E-state index contributed by atoms with van der Waals surface area (Å²) in [5.74, 6) is 4.11. The number of rotatable bonds is 8. The quantitative estimate of drug-likeness (QED) is 0.293. The number of hydrogen-bond donors (Lipinski definition) is 2. The van der Waals surface area contributed by atoms with Crippen LogP contribution in [-0.2, 0) is 0 Å². The summed E-state index contributed by atoms with van der Waals surface area (Å²) < 4.78 is 0. The topological polar surface area (TPSA) is 52.8 Å². The Hall–Kier alpha value is -1.71. The second kappa shape index (κ2) is 9.16. The Balaban J connectivity index is 1.21. The number of fused-ring (bicyclic) bond motifs is 1. The van der Waals surface area contributed by atoms with Crippen LogP contribution >= 0.6 is 0 Å². The Morgan fingerprint density at radius 2 is 1.95 bits per heavy atom. The zero-order chi connectivity index (χ0) is 29.1. The Bertz CT molecular complexity index is 1330. The van der Waals surface area contributed by atoms with Gasteiger partial charge in [0.05, 0.1) is 6.54 Å². The van der Waals surface area contributed by atoms with Crippen molar-refractivity contribution in [3.05, 3.63) is 59.8 Å². The maximum atomic E-state index is 10.4. The van der Waals surface area contributed by atoms with Crippen LogP contribution in [0.1, 0.15) is 85.0 Å². The van der Waals surface area contributed by atoms with Crippen molar-refractivity contribution in [2.75, 3.05) is 19.8 Å². The lowest BCUT2D eigenvalue weighted by molar-refractivity contribution is -0.117. The molecule has 2 N–H and O–H groups in total. The highest BCUT2D eigenvalue weighted by molar-refractivity contribution is 5.80. The molecule has 1 aliphatic heterocycles. The Kier molecular flexibility index (Phi) is 6.07. The van der Waals surface area contributed by atoms with Crippen LogP contribution in [0.3, 0.4) is 0 Å². The Morgan fingerprint density at radius 1 is 1.10 bits per heavy atom. The molecule has 1 heterocycles. The van der Waals surface area contributed by atoms with Gasteiger partial charge in [-0.3, -0.25) is 4.99 Å². The molecule has 11 atom stereocenters. The largest absolute Gasteiger partial charge is 0.396 e. The highest BCUT2D eigenvalue weighted by atomic mass is 16.3. The van der Waals surface area contributed by atoms with Gasteiger partial charge in [0.1, 0.15) is 0 Å². The van der Waals surface area contributed by atoms with Crippen LogP contribution in [0.25, 0.3) is 0 Å². The molecule has 8 aliphatic rings. The molecule has 7 aliphatic carbocycles. The minimum atomic E-state index is 0.158. The molecule has 3 nitrogen and oxygen atoms in total. The van der Waals surface area contributed by atoms with Crippen molar-refractivity contribution in [1.82, 2.24) is 0 Å². The number of nitrogens with zero attached hydrogens (tertiary/aromatic N) is 1. The fraction of sp³-hybridized carbons (Fsp3) is 0.718. The van der Waals surface area contributed by atoms with E-state index in [0.29, 0.717) is 53.4 Å². The Morgan fingerprint density at radius 3 is 2.71 bits per heavy atom. The van der Waals surface area contributed by atoms with E-state index in [1.807, 2.05) is 6.21 Å². The van der Waals surface area contributed by atoms with E-state index < -0.39 is 0 Å². The minimum absolute atomic E-state index is 0.158. The molecule has 0 aromatic carbocycles. The van der Waals surface area contributed by atoms with Crippen molar-refractivity contribution in [1.29, 1.82) is 0 Å². The first-order valence-electron chi connectivity index (χ1n) is 17.4. The van der Waals surface area contributed by atoms with Gasteiger partial charge in [-0.05, 0) is 127 Å². The molecule has 0 radical (unpaired) electrons. The number of allylic oxidation sites excluding steroid dienone is 8. The van der Waals surface area contributed by atoms with Crippen LogP contribution < -0.4 is 0 Å². The maximum absolute atomic E-state index is 10.4. The normalized spacial score (nSPS) is 49.0. The van der Waals surface area contributed by atoms with Crippen molar-refractivity contribution in [2.24, 2.45) is 73.5 Å². The molecule has 11 unspecified atom stereocenters. The van der Waals surface area contributed by atoms with E-state index in [0.717, 1.165) is 25.8 Å². The van der Waals surface area contributed by atoms with E-state index in [4.69, 9.17) is 6.58 Å². The van der Waals surface area contributed by atoms with Crippen molar-refractivity contribution in [2.45, 2.75) is 85.0 Å². The number of aliphatic imine (C=N–C) groups is 1. The third kappa shape index (κ3) is 3.29. The molecule has 42 heavy (non-hydrogen) atoms. The molecule has 3 heteroatoms. The summed E-state index contributed by atoms with van der Waals surface area (Å²) in [6.45, 7) is 14.0. The fourth-order valence-corrected chi connectivity index (χ4v) is 14.0. The molecule has 0 amide bonds. The van der Waals surface area contributed by atoms with E-state index in [9.17, 15) is 10.2 Å². The van der Waals surface area contributed by atoms with Crippen molar-refractivity contribution in [3.8, 4) is 0 Å². The summed E-state index contributed by atoms with van der Waals surface area (Å²) in [6, 6.07) is 0. The van der Waals surface area contributed by atoms with Gasteiger partial charge in [-0.15, -0.1) is 0 Å². The van der Waals surface area contributed by atoms with Gasteiger partial charge in [0.15, 0.2) is 0 Å². The molecule has 0 aromatic rings. The maximum Gasteiger partial charge on any atom is 0.0576 e. The second-order valence-electron chi connectivity index (χ2n) is 16.9.